The lowest BCUT2D eigenvalue weighted by Crippen LogP contribution is -2.31. The number of hydrogen-bond acceptors (Lipinski definition) is 4. The maximum Gasteiger partial charge on any atom is 0.266 e. The van der Waals surface area contributed by atoms with Crippen molar-refractivity contribution in [3.8, 4) is 11.4 Å². The normalized spacial score (nSPS) is 16.4. The first kappa shape index (κ1) is 18.4. The lowest BCUT2D eigenvalue weighted by Gasteiger charge is -2.16. The van der Waals surface area contributed by atoms with Gasteiger partial charge in [-0.3, -0.25) is 9.00 Å². The van der Waals surface area contributed by atoms with Gasteiger partial charge >= 0.3 is 0 Å². The van der Waals surface area contributed by atoms with E-state index in [1.165, 1.54) is 12.1 Å². The molecule has 28 heavy (non-hydrogen) atoms. The van der Waals surface area contributed by atoms with Gasteiger partial charge in [-0.25, -0.2) is 9.07 Å². The number of nitrogens with zero attached hydrogens (tertiary/aromatic N) is 2. The van der Waals surface area contributed by atoms with Crippen LogP contribution in [0.15, 0.2) is 54.6 Å². The molecule has 0 aliphatic carbocycles. The van der Waals surface area contributed by atoms with Crippen molar-refractivity contribution >= 4 is 22.5 Å². The van der Waals surface area contributed by atoms with Crippen LogP contribution in [0, 0.1) is 5.82 Å². The Hall–Kier alpha value is -3.00. The monoisotopic (exact) mass is 399 g/mol. The van der Waals surface area contributed by atoms with Crippen molar-refractivity contribution in [2.24, 2.45) is 0 Å². The number of aromatic nitrogens is 2. The first-order valence-electron chi connectivity index (χ1n) is 8.75. The third-order valence-corrected chi connectivity index (χ3v) is 5.61. The zero-order valence-electron chi connectivity index (χ0n) is 15.1. The average molecular weight is 399 g/mol. The molecule has 1 aliphatic rings. The second kappa shape index (κ2) is 7.55. The molecule has 0 spiro atoms. The van der Waals surface area contributed by atoms with Gasteiger partial charge in [0.05, 0.1) is 22.9 Å². The molecule has 1 aromatic heterocycles. The molecule has 2 heterocycles. The Labute approximate surface area is 163 Å². The number of hydrogen-bond donors (Lipinski definition) is 1. The van der Waals surface area contributed by atoms with E-state index in [-0.39, 0.29) is 11.7 Å². The van der Waals surface area contributed by atoms with Crippen molar-refractivity contribution in [2.45, 2.75) is 24.5 Å². The van der Waals surface area contributed by atoms with E-state index in [1.807, 2.05) is 18.2 Å². The smallest absolute Gasteiger partial charge is 0.266 e. The molecule has 0 unspecified atom stereocenters. The molecule has 0 saturated heterocycles. The lowest BCUT2D eigenvalue weighted by molar-refractivity contribution is -0.122. The molecule has 1 amide bonds. The van der Waals surface area contributed by atoms with Crippen LogP contribution in [0.5, 0.6) is 5.75 Å². The van der Waals surface area contributed by atoms with Gasteiger partial charge in [0, 0.05) is 16.4 Å². The summed E-state index contributed by atoms with van der Waals surface area (Å²) < 4.78 is 32.4. The zero-order valence-corrected chi connectivity index (χ0v) is 15.9. The van der Waals surface area contributed by atoms with Crippen LogP contribution >= 0.6 is 0 Å². The quantitative estimate of drug-likeness (QED) is 0.715. The molecule has 6 nitrogen and oxygen atoms in total. The minimum absolute atomic E-state index is 0.320. The second-order valence-electron chi connectivity index (χ2n) is 6.45. The van der Waals surface area contributed by atoms with Crippen molar-refractivity contribution in [1.82, 2.24) is 9.78 Å². The number of carbonyl (C=O) groups is 1. The standard InChI is InChI=1S/C20H18FN3O3S/c1-13(27-16-5-3-2-4-6-16)20(25)22-19-17-11-28(26)12-18(17)23-24(19)15-9-7-14(21)8-10-15/h2-10,13H,11-12H2,1H3,(H,22,25)/t13-,28-/m0/s1. The summed E-state index contributed by atoms with van der Waals surface area (Å²) in [5.41, 5.74) is 2.02. The molecular formula is C20H18FN3O3S. The van der Waals surface area contributed by atoms with E-state index in [1.54, 1.807) is 35.9 Å². The van der Waals surface area contributed by atoms with Crippen LogP contribution in [-0.2, 0) is 27.1 Å². The highest BCUT2D eigenvalue weighted by atomic mass is 32.2. The van der Waals surface area contributed by atoms with E-state index in [4.69, 9.17) is 4.74 Å². The Morgan fingerprint density at radius 2 is 1.89 bits per heavy atom. The van der Waals surface area contributed by atoms with Crippen LogP contribution in [0.4, 0.5) is 10.2 Å². The molecule has 2 aromatic carbocycles. The van der Waals surface area contributed by atoms with Gasteiger partial charge in [-0.2, -0.15) is 5.10 Å². The molecule has 1 aliphatic heterocycles. The number of nitrogens with one attached hydrogen (secondary N) is 1. The van der Waals surface area contributed by atoms with Gasteiger partial charge in [0.2, 0.25) is 0 Å². The van der Waals surface area contributed by atoms with Crippen LogP contribution in [0.2, 0.25) is 0 Å². The molecule has 0 bridgehead atoms. The van der Waals surface area contributed by atoms with E-state index in [0.717, 1.165) is 5.56 Å². The molecule has 1 N–H and O–H groups in total. The molecular weight excluding hydrogens is 381 g/mol. The highest BCUT2D eigenvalue weighted by Gasteiger charge is 2.29. The Morgan fingerprint density at radius 3 is 2.61 bits per heavy atom. The molecule has 0 saturated carbocycles. The Morgan fingerprint density at radius 1 is 1.18 bits per heavy atom. The number of ether oxygens (including phenoxy) is 1. The maximum absolute atomic E-state index is 13.3. The molecule has 0 radical (unpaired) electrons. The molecule has 144 valence electrons. The summed E-state index contributed by atoms with van der Waals surface area (Å²) in [7, 11) is -1.04. The number of anilines is 1. The minimum Gasteiger partial charge on any atom is -0.481 e. The maximum atomic E-state index is 13.3. The zero-order chi connectivity index (χ0) is 19.7. The molecule has 8 heteroatoms. The number of amides is 1. The van der Waals surface area contributed by atoms with Gasteiger partial charge in [0.25, 0.3) is 5.91 Å². The summed E-state index contributed by atoms with van der Waals surface area (Å²) in [6.45, 7) is 1.65. The van der Waals surface area contributed by atoms with E-state index in [0.29, 0.717) is 34.5 Å². The van der Waals surface area contributed by atoms with Gasteiger partial charge in [-0.1, -0.05) is 18.2 Å². The largest absolute Gasteiger partial charge is 0.481 e. The van der Waals surface area contributed by atoms with Crippen molar-refractivity contribution in [2.75, 3.05) is 5.32 Å². The average Bonchev–Trinajstić information content (AvgIpc) is 3.20. The molecule has 0 fully saturated rings. The number of rotatable bonds is 5. The first-order chi connectivity index (χ1) is 13.5. The molecule has 4 rings (SSSR count). The predicted octanol–water partition coefficient (Wildman–Crippen LogP) is 3.18. The number of fused-ring (bicyclic) bond motifs is 1. The number of carbonyl (C=O) groups excluding carboxylic acids is 1. The highest BCUT2D eigenvalue weighted by molar-refractivity contribution is 7.83. The van der Waals surface area contributed by atoms with Crippen LogP contribution < -0.4 is 10.1 Å². The Kier molecular flexibility index (Phi) is 4.95. The van der Waals surface area contributed by atoms with Gasteiger partial charge < -0.3 is 10.1 Å². The van der Waals surface area contributed by atoms with Gasteiger partial charge in [0.1, 0.15) is 17.4 Å². The third kappa shape index (κ3) is 3.68. The van der Waals surface area contributed by atoms with Gasteiger partial charge in [-0.05, 0) is 43.3 Å². The SMILES string of the molecule is C[C@H](Oc1ccccc1)C(=O)Nc1c2c(nn1-c1ccc(F)cc1)C[S@@](=O)C2. The number of para-hydroxylation sites is 1. The van der Waals surface area contributed by atoms with E-state index in [2.05, 4.69) is 10.4 Å². The third-order valence-electron chi connectivity index (χ3n) is 4.41. The van der Waals surface area contributed by atoms with Gasteiger partial charge in [0.15, 0.2) is 6.10 Å². The fraction of sp³-hybridized carbons (Fsp3) is 0.200. The lowest BCUT2D eigenvalue weighted by atomic mass is 10.2. The summed E-state index contributed by atoms with van der Waals surface area (Å²) in [5, 5.41) is 7.34. The highest BCUT2D eigenvalue weighted by Crippen LogP contribution is 2.31. The molecule has 2 atom stereocenters. The van der Waals surface area contributed by atoms with Crippen LogP contribution in [0.25, 0.3) is 5.69 Å². The predicted molar refractivity (Wildman–Crippen MR) is 104 cm³/mol. The van der Waals surface area contributed by atoms with E-state index >= 15 is 0 Å². The summed E-state index contributed by atoms with van der Waals surface area (Å²) >= 11 is 0. The fourth-order valence-electron chi connectivity index (χ4n) is 3.00. The summed E-state index contributed by atoms with van der Waals surface area (Å²) in [5.74, 6) is 0.972. The Balaban J connectivity index is 1.62. The summed E-state index contributed by atoms with van der Waals surface area (Å²) in [4.78, 5) is 12.7. The second-order valence-corrected chi connectivity index (χ2v) is 7.91. The summed E-state index contributed by atoms with van der Waals surface area (Å²) in [6.07, 6.45) is -0.749. The van der Waals surface area contributed by atoms with Crippen LogP contribution in [-0.4, -0.2) is 26.0 Å². The van der Waals surface area contributed by atoms with Crippen molar-refractivity contribution in [1.29, 1.82) is 0 Å². The van der Waals surface area contributed by atoms with Gasteiger partial charge in [-0.15, -0.1) is 0 Å². The van der Waals surface area contributed by atoms with E-state index < -0.39 is 16.9 Å². The van der Waals surface area contributed by atoms with E-state index in [9.17, 15) is 13.4 Å². The van der Waals surface area contributed by atoms with Crippen LogP contribution in [0.1, 0.15) is 18.2 Å². The topological polar surface area (TPSA) is 73.2 Å². The van der Waals surface area contributed by atoms with Crippen molar-refractivity contribution in [3.63, 3.8) is 0 Å². The fourth-order valence-corrected chi connectivity index (χ4v) is 4.26. The number of benzene rings is 2. The van der Waals surface area contributed by atoms with Crippen LogP contribution in [0.3, 0.4) is 0 Å². The van der Waals surface area contributed by atoms with Crippen molar-refractivity contribution in [3.05, 3.63) is 71.7 Å². The first-order valence-corrected chi connectivity index (χ1v) is 10.2. The minimum atomic E-state index is -1.04. The Bertz CT molecular complexity index is 1030. The molecule has 3 aromatic rings. The van der Waals surface area contributed by atoms with Crippen molar-refractivity contribution < 1.29 is 18.1 Å². The summed E-state index contributed by atoms with van der Waals surface area (Å²) in [6, 6.07) is 14.9. The number of halogens is 1.